The molecule has 18 heavy (non-hydrogen) atoms. The maximum atomic E-state index is 13.7. The molecule has 4 nitrogen and oxygen atoms in total. The van der Waals surface area contributed by atoms with E-state index in [2.05, 4.69) is 4.74 Å². The molecular formula is C12H12F2O4. The molecule has 1 atom stereocenters. The zero-order valence-electron chi connectivity index (χ0n) is 9.70. The number of esters is 1. The Hall–Kier alpha value is -1.69. The van der Waals surface area contributed by atoms with Crippen LogP contribution in [-0.2, 0) is 16.0 Å². The molecule has 2 rings (SSSR count). The fraction of sp³-hybridized carbons (Fsp3) is 0.417. The van der Waals surface area contributed by atoms with Crippen LogP contribution in [0.1, 0.15) is 24.2 Å². The van der Waals surface area contributed by atoms with Crippen molar-refractivity contribution >= 4 is 5.97 Å². The Morgan fingerprint density at radius 1 is 1.56 bits per heavy atom. The SMILES string of the molecule is CCOC(=O)C(O)c1c(F)cc(F)c2c1OCC2. The molecule has 1 N–H and O–H groups in total. The van der Waals surface area contributed by atoms with Crippen LogP contribution in [0.15, 0.2) is 6.07 Å². The predicted molar refractivity (Wildman–Crippen MR) is 57.1 cm³/mol. The largest absolute Gasteiger partial charge is 0.492 e. The van der Waals surface area contributed by atoms with Crippen LogP contribution >= 0.6 is 0 Å². The minimum Gasteiger partial charge on any atom is -0.492 e. The lowest BCUT2D eigenvalue weighted by atomic mass is 10.0. The van der Waals surface area contributed by atoms with Gasteiger partial charge >= 0.3 is 5.97 Å². The standard InChI is InChI=1S/C12H12F2O4/c1-2-17-12(16)10(15)9-8(14)5-7(13)6-3-4-18-11(6)9/h5,10,15H,2-4H2,1H3. The number of ether oxygens (including phenoxy) is 2. The van der Waals surface area contributed by atoms with Crippen molar-refractivity contribution in [3.05, 3.63) is 28.8 Å². The van der Waals surface area contributed by atoms with E-state index in [9.17, 15) is 18.7 Å². The van der Waals surface area contributed by atoms with Gasteiger partial charge in [-0.05, 0) is 6.92 Å². The Morgan fingerprint density at radius 3 is 2.94 bits per heavy atom. The maximum Gasteiger partial charge on any atom is 0.339 e. The summed E-state index contributed by atoms with van der Waals surface area (Å²) in [4.78, 5) is 11.4. The zero-order valence-corrected chi connectivity index (χ0v) is 9.70. The Morgan fingerprint density at radius 2 is 2.28 bits per heavy atom. The van der Waals surface area contributed by atoms with Gasteiger partial charge in [0.25, 0.3) is 0 Å². The first-order valence-electron chi connectivity index (χ1n) is 5.54. The van der Waals surface area contributed by atoms with Gasteiger partial charge in [-0.15, -0.1) is 0 Å². The quantitative estimate of drug-likeness (QED) is 0.835. The van der Waals surface area contributed by atoms with Gasteiger partial charge in [0.1, 0.15) is 17.4 Å². The van der Waals surface area contributed by atoms with Gasteiger partial charge in [-0.2, -0.15) is 0 Å². The van der Waals surface area contributed by atoms with E-state index < -0.39 is 23.7 Å². The predicted octanol–water partition coefficient (Wildman–Crippen LogP) is 1.50. The number of benzene rings is 1. The number of hydrogen-bond acceptors (Lipinski definition) is 4. The van der Waals surface area contributed by atoms with Crippen LogP contribution in [0.3, 0.4) is 0 Å². The minimum atomic E-state index is -1.81. The molecule has 0 saturated carbocycles. The molecule has 0 amide bonds. The minimum absolute atomic E-state index is 0.0573. The molecule has 0 aliphatic carbocycles. The normalized spacial score (nSPS) is 14.9. The van der Waals surface area contributed by atoms with E-state index in [1.54, 1.807) is 6.92 Å². The number of hydrogen-bond donors (Lipinski definition) is 1. The summed E-state index contributed by atoms with van der Waals surface area (Å²) < 4.78 is 36.8. The molecule has 0 saturated heterocycles. The molecule has 98 valence electrons. The Balaban J connectivity index is 2.45. The first-order chi connectivity index (χ1) is 8.56. The highest BCUT2D eigenvalue weighted by Crippen LogP contribution is 2.37. The van der Waals surface area contributed by atoms with Crippen molar-refractivity contribution in [2.75, 3.05) is 13.2 Å². The van der Waals surface area contributed by atoms with Crippen LogP contribution in [0.25, 0.3) is 0 Å². The number of aliphatic hydroxyl groups excluding tert-OH is 1. The van der Waals surface area contributed by atoms with Crippen LogP contribution in [0.5, 0.6) is 5.75 Å². The fourth-order valence-electron chi connectivity index (χ4n) is 1.90. The summed E-state index contributed by atoms with van der Waals surface area (Å²) in [5.74, 6) is -2.83. The maximum absolute atomic E-state index is 13.7. The summed E-state index contributed by atoms with van der Waals surface area (Å²) in [5, 5.41) is 9.74. The highest BCUT2D eigenvalue weighted by atomic mass is 19.1. The van der Waals surface area contributed by atoms with E-state index in [0.29, 0.717) is 6.07 Å². The second-order valence-corrected chi connectivity index (χ2v) is 3.81. The Kier molecular flexibility index (Phi) is 3.47. The zero-order chi connectivity index (χ0) is 13.3. The Bertz CT molecular complexity index is 487. The van der Waals surface area contributed by atoms with Gasteiger partial charge in [0, 0.05) is 18.1 Å². The van der Waals surface area contributed by atoms with Crippen molar-refractivity contribution in [1.29, 1.82) is 0 Å². The second kappa shape index (κ2) is 4.89. The summed E-state index contributed by atoms with van der Waals surface area (Å²) in [6, 6.07) is 0.644. The van der Waals surface area contributed by atoms with Crippen LogP contribution in [0, 0.1) is 11.6 Å². The summed E-state index contributed by atoms with van der Waals surface area (Å²) in [7, 11) is 0. The molecule has 1 aliphatic rings. The lowest BCUT2D eigenvalue weighted by Crippen LogP contribution is -2.17. The van der Waals surface area contributed by atoms with Crippen molar-refractivity contribution in [3.63, 3.8) is 0 Å². The first-order valence-corrected chi connectivity index (χ1v) is 5.54. The lowest BCUT2D eigenvalue weighted by Gasteiger charge is -2.14. The van der Waals surface area contributed by atoms with Crippen molar-refractivity contribution < 1.29 is 28.2 Å². The first kappa shape index (κ1) is 12.8. The molecule has 0 fully saturated rings. The van der Waals surface area contributed by atoms with E-state index in [0.717, 1.165) is 0 Å². The summed E-state index contributed by atoms with van der Waals surface area (Å²) in [6.45, 7) is 1.81. The number of carbonyl (C=O) groups is 1. The van der Waals surface area contributed by atoms with Gasteiger partial charge in [0.2, 0.25) is 0 Å². The van der Waals surface area contributed by atoms with E-state index >= 15 is 0 Å². The third-order valence-electron chi connectivity index (χ3n) is 2.70. The average molecular weight is 258 g/mol. The van der Waals surface area contributed by atoms with Crippen molar-refractivity contribution in [2.45, 2.75) is 19.4 Å². The van der Waals surface area contributed by atoms with E-state index in [1.165, 1.54) is 0 Å². The third-order valence-corrected chi connectivity index (χ3v) is 2.70. The van der Waals surface area contributed by atoms with Gasteiger partial charge in [-0.25, -0.2) is 13.6 Å². The molecule has 1 heterocycles. The van der Waals surface area contributed by atoms with Crippen LogP contribution in [-0.4, -0.2) is 24.3 Å². The highest BCUT2D eigenvalue weighted by Gasteiger charge is 2.32. The van der Waals surface area contributed by atoms with Gasteiger partial charge in [-0.3, -0.25) is 0 Å². The van der Waals surface area contributed by atoms with Crippen LogP contribution in [0.2, 0.25) is 0 Å². The molecule has 0 radical (unpaired) electrons. The van der Waals surface area contributed by atoms with Crippen molar-refractivity contribution in [3.8, 4) is 5.75 Å². The topological polar surface area (TPSA) is 55.8 Å². The summed E-state index contributed by atoms with van der Waals surface area (Å²) in [6.07, 6.45) is -1.53. The van der Waals surface area contributed by atoms with Gasteiger partial charge < -0.3 is 14.6 Å². The van der Waals surface area contributed by atoms with E-state index in [1.807, 2.05) is 0 Å². The van der Waals surface area contributed by atoms with Gasteiger partial charge in [0.05, 0.1) is 18.8 Å². The highest BCUT2D eigenvalue weighted by molar-refractivity contribution is 5.77. The van der Waals surface area contributed by atoms with Crippen LogP contribution in [0.4, 0.5) is 8.78 Å². The molecule has 1 aromatic carbocycles. The van der Waals surface area contributed by atoms with Gasteiger partial charge in [-0.1, -0.05) is 0 Å². The van der Waals surface area contributed by atoms with Gasteiger partial charge in [0.15, 0.2) is 6.10 Å². The summed E-state index contributed by atoms with van der Waals surface area (Å²) in [5.41, 5.74) is -0.183. The van der Waals surface area contributed by atoms with E-state index in [4.69, 9.17) is 4.74 Å². The number of aliphatic hydroxyl groups is 1. The molecular weight excluding hydrogens is 246 g/mol. The number of fused-ring (bicyclic) bond motifs is 1. The molecule has 0 bridgehead atoms. The lowest BCUT2D eigenvalue weighted by molar-refractivity contribution is -0.153. The molecule has 1 aromatic rings. The second-order valence-electron chi connectivity index (χ2n) is 3.81. The third kappa shape index (κ3) is 2.03. The Labute approximate surface area is 102 Å². The number of carbonyl (C=O) groups excluding carboxylic acids is 1. The fourth-order valence-corrected chi connectivity index (χ4v) is 1.90. The number of rotatable bonds is 3. The smallest absolute Gasteiger partial charge is 0.339 e. The average Bonchev–Trinajstić information content (AvgIpc) is 2.78. The monoisotopic (exact) mass is 258 g/mol. The molecule has 1 aliphatic heterocycles. The molecule has 1 unspecified atom stereocenters. The van der Waals surface area contributed by atoms with Crippen LogP contribution < -0.4 is 4.74 Å². The summed E-state index contributed by atoms with van der Waals surface area (Å²) >= 11 is 0. The van der Waals surface area contributed by atoms with E-state index in [-0.39, 0.29) is 36.5 Å². The number of halogens is 2. The van der Waals surface area contributed by atoms with Crippen molar-refractivity contribution in [1.82, 2.24) is 0 Å². The molecule has 0 aromatic heterocycles. The molecule has 6 heteroatoms. The molecule has 0 spiro atoms. The van der Waals surface area contributed by atoms with Crippen molar-refractivity contribution in [2.24, 2.45) is 0 Å².